The molecule has 2 heterocycles. The number of rotatable bonds is 2. The topological polar surface area (TPSA) is 8.17 Å². The van der Waals surface area contributed by atoms with Crippen LogP contribution in [0, 0.1) is 0 Å². The van der Waals surface area contributed by atoms with Crippen LogP contribution in [-0.2, 0) is 6.42 Å². The molecule has 154 valence electrons. The number of hydrogen-bond donors (Lipinski definition) is 0. The van der Waals surface area contributed by atoms with Gasteiger partial charge in [0.2, 0.25) is 0 Å². The Balaban J connectivity index is 1.42. The Labute approximate surface area is 188 Å². The molecule has 2 atom stereocenters. The molecule has 4 aromatic rings. The van der Waals surface area contributed by atoms with E-state index in [-0.39, 0.29) is 0 Å². The summed E-state index contributed by atoms with van der Waals surface area (Å²) in [7, 11) is 0. The smallest absolute Gasteiger partial charge is 0.0629 e. The van der Waals surface area contributed by atoms with Crippen LogP contribution in [0.15, 0.2) is 103 Å². The molecule has 0 amide bonds. The van der Waals surface area contributed by atoms with Gasteiger partial charge in [-0.05, 0) is 60.4 Å². The van der Waals surface area contributed by atoms with Crippen molar-refractivity contribution in [1.82, 2.24) is 4.57 Å². The highest BCUT2D eigenvalue weighted by Crippen LogP contribution is 2.47. The summed E-state index contributed by atoms with van der Waals surface area (Å²) in [6, 6.07) is 27.1. The highest BCUT2D eigenvalue weighted by atomic mass is 15.2. The van der Waals surface area contributed by atoms with Gasteiger partial charge in [0.15, 0.2) is 0 Å². The zero-order chi connectivity index (χ0) is 21.1. The fourth-order valence-electron chi connectivity index (χ4n) is 5.84. The maximum atomic E-state index is 2.51. The predicted molar refractivity (Wildman–Crippen MR) is 134 cm³/mol. The molecule has 0 bridgehead atoms. The van der Waals surface area contributed by atoms with E-state index in [1.165, 1.54) is 44.8 Å². The molecule has 32 heavy (non-hydrogen) atoms. The maximum absolute atomic E-state index is 2.51. The molecule has 2 unspecified atom stereocenters. The van der Waals surface area contributed by atoms with E-state index in [0.717, 1.165) is 12.8 Å². The summed E-state index contributed by atoms with van der Waals surface area (Å²) < 4.78 is 2.44. The van der Waals surface area contributed by atoms with Crippen LogP contribution in [0.1, 0.15) is 29.2 Å². The van der Waals surface area contributed by atoms with Gasteiger partial charge in [-0.2, -0.15) is 0 Å². The van der Waals surface area contributed by atoms with Gasteiger partial charge in [-0.3, -0.25) is 0 Å². The molecule has 1 aliphatic heterocycles. The molecular formula is C30H24N2. The molecule has 0 saturated heterocycles. The molecule has 0 spiro atoms. The Morgan fingerprint density at radius 1 is 0.781 bits per heavy atom. The van der Waals surface area contributed by atoms with E-state index in [1.807, 2.05) is 0 Å². The van der Waals surface area contributed by atoms with Crippen molar-refractivity contribution < 1.29 is 0 Å². The zero-order valence-corrected chi connectivity index (χ0v) is 17.9. The van der Waals surface area contributed by atoms with Crippen molar-refractivity contribution in [3.05, 3.63) is 120 Å². The summed E-state index contributed by atoms with van der Waals surface area (Å²) in [5.41, 5.74) is 9.29. The monoisotopic (exact) mass is 412 g/mol. The summed E-state index contributed by atoms with van der Waals surface area (Å²) in [4.78, 5) is 2.51. The first-order valence-electron chi connectivity index (χ1n) is 11.5. The van der Waals surface area contributed by atoms with E-state index in [9.17, 15) is 0 Å². The van der Waals surface area contributed by atoms with E-state index in [0.29, 0.717) is 12.0 Å². The van der Waals surface area contributed by atoms with Crippen LogP contribution in [-0.4, -0.2) is 10.6 Å². The summed E-state index contributed by atoms with van der Waals surface area (Å²) in [5.74, 6) is 0.406. The van der Waals surface area contributed by atoms with Gasteiger partial charge < -0.3 is 9.47 Å². The fraction of sp³-hybridized carbons (Fsp3) is 0.133. The molecule has 7 rings (SSSR count). The Kier molecular flexibility index (Phi) is 3.83. The molecule has 3 aromatic carbocycles. The second-order valence-corrected chi connectivity index (χ2v) is 8.89. The van der Waals surface area contributed by atoms with Crippen LogP contribution in [0.25, 0.3) is 22.7 Å². The fourth-order valence-corrected chi connectivity index (χ4v) is 5.84. The third-order valence-corrected chi connectivity index (χ3v) is 7.18. The van der Waals surface area contributed by atoms with Crippen LogP contribution in [0.2, 0.25) is 0 Å². The molecule has 3 aliphatic rings. The molecule has 0 N–H and O–H groups in total. The quantitative estimate of drug-likeness (QED) is 0.335. The zero-order valence-electron chi connectivity index (χ0n) is 17.9. The first kappa shape index (κ1) is 17.9. The van der Waals surface area contributed by atoms with Crippen LogP contribution < -0.4 is 4.90 Å². The Morgan fingerprint density at radius 2 is 1.62 bits per heavy atom. The van der Waals surface area contributed by atoms with E-state index in [2.05, 4.69) is 119 Å². The number of para-hydroxylation sites is 2. The van der Waals surface area contributed by atoms with Crippen LogP contribution in [0.3, 0.4) is 0 Å². The molecule has 2 nitrogen and oxygen atoms in total. The van der Waals surface area contributed by atoms with Gasteiger partial charge in [-0.1, -0.05) is 72.8 Å². The normalized spacial score (nSPS) is 20.4. The van der Waals surface area contributed by atoms with Crippen molar-refractivity contribution in [3.8, 4) is 5.69 Å². The van der Waals surface area contributed by atoms with E-state index < -0.39 is 0 Å². The number of anilines is 2. The molecule has 2 aliphatic carbocycles. The summed E-state index contributed by atoms with van der Waals surface area (Å²) >= 11 is 0. The summed E-state index contributed by atoms with van der Waals surface area (Å²) in [6.07, 6.45) is 15.9. The lowest BCUT2D eigenvalue weighted by Crippen LogP contribution is -2.28. The summed E-state index contributed by atoms with van der Waals surface area (Å²) in [5, 5.41) is 1.38. The minimum Gasteiger partial charge on any atom is -0.333 e. The first-order chi connectivity index (χ1) is 15.9. The predicted octanol–water partition coefficient (Wildman–Crippen LogP) is 7.32. The number of fused-ring (bicyclic) bond motifs is 6. The number of allylic oxidation sites excluding steroid dienone is 3. The van der Waals surface area contributed by atoms with Crippen LogP contribution in [0.5, 0.6) is 0 Å². The van der Waals surface area contributed by atoms with E-state index >= 15 is 0 Å². The lowest BCUT2D eigenvalue weighted by Gasteiger charge is -2.29. The highest BCUT2D eigenvalue weighted by Gasteiger charge is 2.37. The Bertz CT molecular complexity index is 1450. The van der Waals surface area contributed by atoms with Gasteiger partial charge in [0.1, 0.15) is 0 Å². The van der Waals surface area contributed by atoms with Crippen LogP contribution >= 0.6 is 0 Å². The van der Waals surface area contributed by atoms with Gasteiger partial charge in [-0.15, -0.1) is 0 Å². The summed E-state index contributed by atoms with van der Waals surface area (Å²) in [6.45, 7) is 0. The first-order valence-corrected chi connectivity index (χ1v) is 11.5. The second-order valence-electron chi connectivity index (χ2n) is 8.89. The third kappa shape index (κ3) is 2.47. The highest BCUT2D eigenvalue weighted by molar-refractivity contribution is 5.91. The lowest BCUT2D eigenvalue weighted by atomic mass is 9.91. The van der Waals surface area contributed by atoms with Crippen LogP contribution in [0.4, 0.5) is 11.4 Å². The van der Waals surface area contributed by atoms with Crippen molar-refractivity contribution in [2.24, 2.45) is 0 Å². The van der Waals surface area contributed by atoms with Gasteiger partial charge in [0, 0.05) is 34.1 Å². The largest absolute Gasteiger partial charge is 0.333 e. The van der Waals surface area contributed by atoms with Gasteiger partial charge in [0.05, 0.1) is 11.6 Å². The minimum absolute atomic E-state index is 0.322. The second kappa shape index (κ2) is 6.86. The Hall–Kier alpha value is -3.78. The SMILES string of the molecule is C1=CC2c3ccccc3N(c3cccc(-n4c5c(c6ccccc64)CCC=C5)c3)C2C=C1. The average molecular weight is 413 g/mol. The molecule has 1 aromatic heterocycles. The number of aryl methyl sites for hydroxylation is 1. The molecule has 0 saturated carbocycles. The minimum atomic E-state index is 0.322. The Morgan fingerprint density at radius 3 is 2.62 bits per heavy atom. The number of nitrogens with zero attached hydrogens (tertiary/aromatic N) is 2. The van der Waals surface area contributed by atoms with E-state index in [1.54, 1.807) is 0 Å². The average Bonchev–Trinajstić information content (AvgIpc) is 3.37. The standard InChI is InChI=1S/C30H24N2/c1-5-16-27-23(12-1)24-13-2-6-17-28(24)31(27)21-10-9-11-22(20-21)32-29-18-7-3-14-25(29)26-15-4-8-19-30(26)32/h1-3,5-14,16-20,23,27H,4,15H2. The van der Waals surface area contributed by atoms with E-state index in [4.69, 9.17) is 0 Å². The molecular weight excluding hydrogens is 388 g/mol. The van der Waals surface area contributed by atoms with Crippen molar-refractivity contribution in [2.45, 2.75) is 24.8 Å². The van der Waals surface area contributed by atoms with Gasteiger partial charge >= 0.3 is 0 Å². The maximum Gasteiger partial charge on any atom is 0.0629 e. The number of hydrogen-bond acceptors (Lipinski definition) is 1. The molecule has 2 heteroatoms. The lowest BCUT2D eigenvalue weighted by molar-refractivity contribution is 0.744. The van der Waals surface area contributed by atoms with Crippen molar-refractivity contribution in [3.63, 3.8) is 0 Å². The van der Waals surface area contributed by atoms with Crippen molar-refractivity contribution >= 4 is 28.4 Å². The molecule has 0 radical (unpaired) electrons. The number of aromatic nitrogens is 1. The van der Waals surface area contributed by atoms with Crippen molar-refractivity contribution in [1.29, 1.82) is 0 Å². The molecule has 0 fully saturated rings. The van der Waals surface area contributed by atoms with Gasteiger partial charge in [-0.25, -0.2) is 0 Å². The third-order valence-electron chi connectivity index (χ3n) is 7.18. The van der Waals surface area contributed by atoms with Gasteiger partial charge in [0.25, 0.3) is 0 Å². The van der Waals surface area contributed by atoms with Crippen molar-refractivity contribution in [2.75, 3.05) is 4.90 Å². The number of benzene rings is 3.